The molecule has 1 heterocycles. The van der Waals surface area contributed by atoms with Crippen LogP contribution in [0.2, 0.25) is 0 Å². The zero-order valence-corrected chi connectivity index (χ0v) is 13.4. The van der Waals surface area contributed by atoms with E-state index in [1.165, 1.54) is 12.1 Å². The molecule has 2 aliphatic rings. The maximum Gasteiger partial charge on any atom is 0.263 e. The number of nitrogens with one attached hydrogen (secondary N) is 1. The van der Waals surface area contributed by atoms with Crippen LogP contribution in [-0.2, 0) is 0 Å². The highest BCUT2D eigenvalue weighted by Gasteiger charge is 2.50. The predicted molar refractivity (Wildman–Crippen MR) is 80.8 cm³/mol. The predicted octanol–water partition coefficient (Wildman–Crippen LogP) is 4.14. The highest BCUT2D eigenvalue weighted by Crippen LogP contribution is 2.50. The van der Waals surface area contributed by atoms with Gasteiger partial charge in [-0.3, -0.25) is 4.90 Å². The quantitative estimate of drug-likeness (QED) is 0.823. The topological polar surface area (TPSA) is 15.3 Å². The van der Waals surface area contributed by atoms with Crippen LogP contribution in [0.3, 0.4) is 0 Å². The molecule has 2 unspecified atom stereocenters. The van der Waals surface area contributed by atoms with E-state index < -0.39 is 24.2 Å². The normalized spacial score (nSPS) is 26.4. The highest BCUT2D eigenvalue weighted by atomic mass is 19.3. The fourth-order valence-corrected chi connectivity index (χ4v) is 3.81. The summed E-state index contributed by atoms with van der Waals surface area (Å²) in [6.45, 7) is 3.91. The first kappa shape index (κ1) is 17.6. The second-order valence-corrected chi connectivity index (χ2v) is 6.90. The molecule has 2 atom stereocenters. The Morgan fingerprint density at radius 1 is 1.25 bits per heavy atom. The number of halogens is 5. The van der Waals surface area contributed by atoms with Crippen molar-refractivity contribution >= 4 is 0 Å². The van der Waals surface area contributed by atoms with Crippen molar-refractivity contribution in [2.24, 2.45) is 5.92 Å². The van der Waals surface area contributed by atoms with E-state index in [4.69, 9.17) is 0 Å². The molecular formula is C17H21F5N2. The molecule has 134 valence electrons. The number of rotatable bonds is 4. The summed E-state index contributed by atoms with van der Waals surface area (Å²) >= 11 is 0. The summed E-state index contributed by atoms with van der Waals surface area (Å²) in [6.07, 6.45) is -3.32. The molecule has 1 aromatic carbocycles. The van der Waals surface area contributed by atoms with Gasteiger partial charge in [-0.25, -0.2) is 22.0 Å². The molecule has 1 aliphatic carbocycles. The minimum absolute atomic E-state index is 0.172. The summed E-state index contributed by atoms with van der Waals surface area (Å²) in [5.41, 5.74) is -0.142. The van der Waals surface area contributed by atoms with Crippen molar-refractivity contribution in [3.8, 4) is 0 Å². The van der Waals surface area contributed by atoms with E-state index in [0.29, 0.717) is 19.6 Å². The Kier molecular flexibility index (Phi) is 4.84. The largest absolute Gasteiger partial charge is 0.312 e. The van der Waals surface area contributed by atoms with E-state index in [9.17, 15) is 22.0 Å². The number of piperazine rings is 1. The average Bonchev–Trinajstić information content (AvgIpc) is 2.47. The Bertz CT molecular complexity index is 584. The van der Waals surface area contributed by atoms with Gasteiger partial charge in [0.2, 0.25) is 5.92 Å². The van der Waals surface area contributed by atoms with E-state index in [0.717, 1.165) is 6.07 Å². The molecule has 2 nitrogen and oxygen atoms in total. The lowest BCUT2D eigenvalue weighted by Crippen LogP contribution is -2.54. The molecule has 0 amide bonds. The molecule has 2 fully saturated rings. The maximum absolute atomic E-state index is 14.5. The van der Waals surface area contributed by atoms with Crippen LogP contribution in [-0.4, -0.2) is 36.5 Å². The van der Waals surface area contributed by atoms with Gasteiger partial charge in [-0.15, -0.1) is 0 Å². The summed E-state index contributed by atoms with van der Waals surface area (Å²) < 4.78 is 66.7. The van der Waals surface area contributed by atoms with Crippen LogP contribution >= 0.6 is 0 Å². The third-order valence-electron chi connectivity index (χ3n) is 4.96. The lowest BCUT2D eigenvalue weighted by Gasteiger charge is -2.47. The Morgan fingerprint density at radius 2 is 1.96 bits per heavy atom. The molecule has 3 rings (SSSR count). The van der Waals surface area contributed by atoms with Crippen molar-refractivity contribution in [3.05, 3.63) is 35.1 Å². The van der Waals surface area contributed by atoms with Crippen molar-refractivity contribution in [1.29, 1.82) is 0 Å². The number of benzene rings is 1. The lowest BCUT2D eigenvalue weighted by atomic mass is 9.73. The maximum atomic E-state index is 14.5. The molecule has 7 heteroatoms. The van der Waals surface area contributed by atoms with Crippen LogP contribution in [0.5, 0.6) is 0 Å². The first-order chi connectivity index (χ1) is 11.3. The van der Waals surface area contributed by atoms with Crippen LogP contribution < -0.4 is 5.32 Å². The van der Waals surface area contributed by atoms with Crippen LogP contribution in [0, 0.1) is 11.7 Å². The van der Waals surface area contributed by atoms with Crippen molar-refractivity contribution < 1.29 is 22.0 Å². The number of alkyl halides is 4. The van der Waals surface area contributed by atoms with Gasteiger partial charge in [0.1, 0.15) is 5.82 Å². The van der Waals surface area contributed by atoms with E-state index in [-0.39, 0.29) is 35.9 Å². The second-order valence-electron chi connectivity index (χ2n) is 6.90. The van der Waals surface area contributed by atoms with Gasteiger partial charge in [0.15, 0.2) is 0 Å². The molecule has 1 N–H and O–H groups in total. The number of hydrogen-bond donors (Lipinski definition) is 1. The summed E-state index contributed by atoms with van der Waals surface area (Å²) in [4.78, 5) is 2.00. The van der Waals surface area contributed by atoms with Crippen molar-refractivity contribution in [2.75, 3.05) is 19.6 Å². The van der Waals surface area contributed by atoms with Gasteiger partial charge in [-0.2, -0.15) is 0 Å². The molecule has 0 bridgehead atoms. The van der Waals surface area contributed by atoms with Gasteiger partial charge < -0.3 is 5.32 Å². The lowest BCUT2D eigenvalue weighted by molar-refractivity contribution is -0.134. The zero-order chi connectivity index (χ0) is 17.5. The van der Waals surface area contributed by atoms with E-state index >= 15 is 0 Å². The number of nitrogens with zero attached hydrogens (tertiary/aromatic N) is 1. The average molecular weight is 348 g/mol. The summed E-state index contributed by atoms with van der Waals surface area (Å²) in [6, 6.07) is 3.03. The van der Waals surface area contributed by atoms with Gasteiger partial charge in [-0.05, 0) is 18.9 Å². The van der Waals surface area contributed by atoms with Crippen LogP contribution in [0.15, 0.2) is 18.2 Å². The summed E-state index contributed by atoms with van der Waals surface area (Å²) in [5.74, 6) is -3.81. The van der Waals surface area contributed by atoms with Crippen LogP contribution in [0.25, 0.3) is 0 Å². The smallest absolute Gasteiger partial charge is 0.263 e. The molecule has 24 heavy (non-hydrogen) atoms. The Morgan fingerprint density at radius 3 is 2.50 bits per heavy atom. The van der Waals surface area contributed by atoms with Gasteiger partial charge >= 0.3 is 0 Å². The summed E-state index contributed by atoms with van der Waals surface area (Å²) in [7, 11) is 0. The third-order valence-corrected chi connectivity index (χ3v) is 4.96. The second kappa shape index (κ2) is 6.59. The fourth-order valence-electron chi connectivity index (χ4n) is 3.81. The number of hydrogen-bond acceptors (Lipinski definition) is 2. The van der Waals surface area contributed by atoms with Gasteiger partial charge in [0.05, 0.1) is 0 Å². The first-order valence-corrected chi connectivity index (χ1v) is 8.19. The van der Waals surface area contributed by atoms with Gasteiger partial charge in [0.25, 0.3) is 6.43 Å². The van der Waals surface area contributed by atoms with Crippen molar-refractivity contribution in [3.63, 3.8) is 0 Å². The summed E-state index contributed by atoms with van der Waals surface area (Å²) in [5, 5.41) is 3.27. The Balaban J connectivity index is 1.89. The Hall–Kier alpha value is -1.21. The van der Waals surface area contributed by atoms with E-state index in [2.05, 4.69) is 5.32 Å². The molecule has 0 radical (unpaired) electrons. The van der Waals surface area contributed by atoms with E-state index in [1.54, 1.807) is 0 Å². The standard InChI is InChI=1S/C17H21F5N2/c1-10-9-24(5-4-23-10)15(12-7-17(21,22)8-12)13-3-2-11(16(19)20)6-14(13)18/h2-3,6,10,12,15-16,23H,4-5,7-9H2,1H3. The Labute approximate surface area is 138 Å². The first-order valence-electron chi connectivity index (χ1n) is 8.19. The van der Waals surface area contributed by atoms with Gasteiger partial charge in [-0.1, -0.05) is 12.1 Å². The zero-order valence-electron chi connectivity index (χ0n) is 13.4. The highest BCUT2D eigenvalue weighted by molar-refractivity contribution is 5.29. The van der Waals surface area contributed by atoms with Crippen molar-refractivity contribution in [2.45, 2.75) is 44.2 Å². The molecule has 1 saturated heterocycles. The van der Waals surface area contributed by atoms with Gasteiger partial charge in [0, 0.05) is 55.7 Å². The molecule has 1 saturated carbocycles. The van der Waals surface area contributed by atoms with Crippen LogP contribution in [0.1, 0.15) is 43.4 Å². The SMILES string of the molecule is CC1CN(C(c2ccc(C(F)F)cc2F)C2CC(F)(F)C2)CCN1. The fraction of sp³-hybridized carbons (Fsp3) is 0.647. The minimum atomic E-state index is -2.75. The molecule has 0 spiro atoms. The molecule has 1 aromatic rings. The van der Waals surface area contributed by atoms with Crippen molar-refractivity contribution in [1.82, 2.24) is 10.2 Å². The third kappa shape index (κ3) is 3.57. The van der Waals surface area contributed by atoms with E-state index in [1.807, 2.05) is 11.8 Å². The molecular weight excluding hydrogens is 327 g/mol. The molecule has 1 aliphatic heterocycles. The monoisotopic (exact) mass is 348 g/mol. The van der Waals surface area contributed by atoms with Crippen LogP contribution in [0.4, 0.5) is 22.0 Å². The minimum Gasteiger partial charge on any atom is -0.312 e. The molecule has 0 aromatic heterocycles.